The predicted octanol–water partition coefficient (Wildman–Crippen LogP) is 5.61. The van der Waals surface area contributed by atoms with Crippen molar-refractivity contribution in [1.82, 2.24) is 9.99 Å². The van der Waals surface area contributed by atoms with Gasteiger partial charge in [0.15, 0.2) is 5.76 Å². The number of nitrogens with one attached hydrogen (secondary N) is 1. The zero-order valence-corrected chi connectivity index (χ0v) is 20.7. The summed E-state index contributed by atoms with van der Waals surface area (Å²) in [6.07, 6.45) is 1.33. The standard InChI is InChI=1S/C27H24ClN3O5/c1-17-4-5-18(2)31(17)22-7-9-23(10-8-22)34-16-24-11-13-26(36-24)27(33)30-29-15-20-14-21(28)6-12-25(20)35-19(3)32/h4-15H,16H2,1-3H3,(H,30,33)/b29-15+. The number of carbonyl (C=O) groups excluding carboxylic acids is 2. The molecule has 0 aliphatic rings. The number of hydrazone groups is 1. The van der Waals surface area contributed by atoms with Crippen LogP contribution in [0.3, 0.4) is 0 Å². The summed E-state index contributed by atoms with van der Waals surface area (Å²) in [7, 11) is 0. The van der Waals surface area contributed by atoms with Crippen molar-refractivity contribution in [2.45, 2.75) is 27.4 Å². The van der Waals surface area contributed by atoms with Crippen molar-refractivity contribution in [2.75, 3.05) is 0 Å². The van der Waals surface area contributed by atoms with Gasteiger partial charge in [-0.05, 0) is 80.6 Å². The van der Waals surface area contributed by atoms with Gasteiger partial charge in [0.25, 0.3) is 0 Å². The monoisotopic (exact) mass is 505 g/mol. The summed E-state index contributed by atoms with van der Waals surface area (Å²) in [4.78, 5) is 23.6. The van der Waals surface area contributed by atoms with Gasteiger partial charge in [0.05, 0.1) is 6.21 Å². The number of aryl methyl sites for hydroxylation is 2. The Morgan fingerprint density at radius 2 is 1.75 bits per heavy atom. The van der Waals surface area contributed by atoms with E-state index in [0.717, 1.165) is 17.1 Å². The molecule has 0 saturated heterocycles. The van der Waals surface area contributed by atoms with Crippen molar-refractivity contribution >= 4 is 29.7 Å². The fourth-order valence-electron chi connectivity index (χ4n) is 3.58. The summed E-state index contributed by atoms with van der Waals surface area (Å²) in [5, 5.41) is 4.33. The number of nitrogens with zero attached hydrogens (tertiary/aromatic N) is 2. The van der Waals surface area contributed by atoms with Crippen molar-refractivity contribution in [1.29, 1.82) is 0 Å². The van der Waals surface area contributed by atoms with Gasteiger partial charge >= 0.3 is 11.9 Å². The van der Waals surface area contributed by atoms with E-state index in [4.69, 9.17) is 25.5 Å². The van der Waals surface area contributed by atoms with Crippen molar-refractivity contribution in [3.05, 3.63) is 100 Å². The van der Waals surface area contributed by atoms with E-state index in [0.29, 0.717) is 22.1 Å². The Kier molecular flexibility index (Phi) is 7.56. The molecular formula is C27H24ClN3O5. The first-order valence-corrected chi connectivity index (χ1v) is 11.5. The van der Waals surface area contributed by atoms with Crippen LogP contribution in [0.25, 0.3) is 5.69 Å². The third-order valence-corrected chi connectivity index (χ3v) is 5.46. The van der Waals surface area contributed by atoms with E-state index >= 15 is 0 Å². The lowest BCUT2D eigenvalue weighted by Gasteiger charge is -2.10. The van der Waals surface area contributed by atoms with E-state index in [1.165, 1.54) is 19.2 Å². The van der Waals surface area contributed by atoms with Gasteiger partial charge in [-0.25, -0.2) is 5.43 Å². The number of carbonyl (C=O) groups is 2. The van der Waals surface area contributed by atoms with E-state index in [-0.39, 0.29) is 18.1 Å². The first-order chi connectivity index (χ1) is 17.3. The maximum Gasteiger partial charge on any atom is 0.308 e. The second kappa shape index (κ2) is 11.0. The van der Waals surface area contributed by atoms with Crippen LogP contribution in [0.1, 0.15) is 40.2 Å². The SMILES string of the molecule is CC(=O)Oc1ccc(Cl)cc1/C=N/NC(=O)c1ccc(COc2ccc(-n3c(C)ccc3C)cc2)o1. The first kappa shape index (κ1) is 24.8. The molecule has 0 fully saturated rings. The second-order valence-electron chi connectivity index (χ2n) is 7.97. The highest BCUT2D eigenvalue weighted by molar-refractivity contribution is 6.31. The number of hydrogen-bond donors (Lipinski definition) is 1. The highest BCUT2D eigenvalue weighted by Gasteiger charge is 2.12. The lowest BCUT2D eigenvalue weighted by Crippen LogP contribution is -2.17. The zero-order chi connectivity index (χ0) is 25.7. The molecule has 2 aromatic carbocycles. The number of halogens is 1. The fourth-order valence-corrected chi connectivity index (χ4v) is 3.76. The minimum absolute atomic E-state index is 0.0750. The van der Waals surface area contributed by atoms with Crippen LogP contribution in [0, 0.1) is 13.8 Å². The van der Waals surface area contributed by atoms with E-state index < -0.39 is 11.9 Å². The Labute approximate surface area is 213 Å². The van der Waals surface area contributed by atoms with Crippen LogP contribution in [0.4, 0.5) is 0 Å². The normalized spacial score (nSPS) is 11.0. The third-order valence-electron chi connectivity index (χ3n) is 5.23. The number of hydrogen-bond acceptors (Lipinski definition) is 6. The maximum absolute atomic E-state index is 12.4. The van der Waals surface area contributed by atoms with Crippen molar-refractivity contribution in [2.24, 2.45) is 5.10 Å². The van der Waals surface area contributed by atoms with Gasteiger partial charge in [0.2, 0.25) is 0 Å². The van der Waals surface area contributed by atoms with Gasteiger partial charge in [0, 0.05) is 34.6 Å². The number of benzene rings is 2. The zero-order valence-electron chi connectivity index (χ0n) is 19.9. The molecule has 0 bridgehead atoms. The Morgan fingerprint density at radius 1 is 1.03 bits per heavy atom. The smallest absolute Gasteiger partial charge is 0.308 e. The van der Waals surface area contributed by atoms with E-state index in [1.807, 2.05) is 24.3 Å². The third kappa shape index (κ3) is 6.03. The number of furan rings is 1. The molecule has 0 radical (unpaired) electrons. The topological polar surface area (TPSA) is 95.1 Å². The fraction of sp³-hybridized carbons (Fsp3) is 0.148. The van der Waals surface area contributed by atoms with Crippen LogP contribution in [-0.4, -0.2) is 22.7 Å². The Hall–Kier alpha value is -4.30. The molecule has 4 aromatic rings. The minimum Gasteiger partial charge on any atom is -0.486 e. The van der Waals surface area contributed by atoms with Gasteiger partial charge in [-0.3, -0.25) is 9.59 Å². The van der Waals surface area contributed by atoms with Gasteiger partial charge in [0.1, 0.15) is 23.9 Å². The summed E-state index contributed by atoms with van der Waals surface area (Å²) in [5.41, 5.74) is 6.17. The molecule has 4 rings (SSSR count). The Morgan fingerprint density at radius 3 is 2.44 bits per heavy atom. The van der Waals surface area contributed by atoms with E-state index in [1.54, 1.807) is 24.3 Å². The lowest BCUT2D eigenvalue weighted by molar-refractivity contribution is -0.131. The minimum atomic E-state index is -0.546. The molecule has 1 amide bonds. The predicted molar refractivity (Wildman–Crippen MR) is 136 cm³/mol. The molecule has 36 heavy (non-hydrogen) atoms. The molecule has 2 aromatic heterocycles. The van der Waals surface area contributed by atoms with E-state index in [2.05, 4.69) is 41.1 Å². The summed E-state index contributed by atoms with van der Waals surface area (Å²) in [6.45, 7) is 5.57. The van der Waals surface area contributed by atoms with Crippen LogP contribution in [0.15, 0.2) is 76.2 Å². The number of ether oxygens (including phenoxy) is 2. The molecule has 2 heterocycles. The molecule has 0 unspecified atom stereocenters. The summed E-state index contributed by atoms with van der Waals surface area (Å²) in [5.74, 6) is 0.481. The average Bonchev–Trinajstić information content (AvgIpc) is 3.46. The average molecular weight is 506 g/mol. The first-order valence-electron chi connectivity index (χ1n) is 11.1. The molecule has 0 atom stereocenters. The molecule has 0 spiro atoms. The quantitative estimate of drug-likeness (QED) is 0.145. The largest absolute Gasteiger partial charge is 0.486 e. The van der Waals surface area contributed by atoms with Gasteiger partial charge in [-0.1, -0.05) is 11.6 Å². The van der Waals surface area contributed by atoms with Gasteiger partial charge < -0.3 is 18.5 Å². The van der Waals surface area contributed by atoms with Crippen LogP contribution < -0.4 is 14.9 Å². The number of rotatable bonds is 8. The Bertz CT molecular complexity index is 1400. The highest BCUT2D eigenvalue weighted by Crippen LogP contribution is 2.22. The van der Waals surface area contributed by atoms with Gasteiger partial charge in [-0.15, -0.1) is 0 Å². The van der Waals surface area contributed by atoms with E-state index in [9.17, 15) is 9.59 Å². The van der Waals surface area contributed by atoms with Crippen LogP contribution in [-0.2, 0) is 11.4 Å². The number of esters is 1. The maximum atomic E-state index is 12.4. The van der Waals surface area contributed by atoms with Crippen LogP contribution in [0.2, 0.25) is 5.02 Å². The molecule has 0 aliphatic heterocycles. The van der Waals surface area contributed by atoms with Crippen LogP contribution in [0.5, 0.6) is 11.5 Å². The lowest BCUT2D eigenvalue weighted by atomic mass is 10.2. The molecule has 0 aliphatic carbocycles. The molecule has 184 valence electrons. The van der Waals surface area contributed by atoms with Crippen molar-refractivity contribution in [3.8, 4) is 17.2 Å². The molecule has 8 nitrogen and oxygen atoms in total. The van der Waals surface area contributed by atoms with Crippen molar-refractivity contribution < 1.29 is 23.5 Å². The summed E-state index contributed by atoms with van der Waals surface area (Å²) < 4.78 is 18.6. The summed E-state index contributed by atoms with van der Waals surface area (Å²) >= 11 is 5.99. The molecule has 0 saturated carbocycles. The highest BCUT2D eigenvalue weighted by atomic mass is 35.5. The molecular weight excluding hydrogens is 482 g/mol. The summed E-state index contributed by atoms with van der Waals surface area (Å²) in [6, 6.07) is 19.8. The number of amides is 1. The molecule has 1 N–H and O–H groups in total. The molecule has 9 heteroatoms. The van der Waals surface area contributed by atoms with Crippen molar-refractivity contribution in [3.63, 3.8) is 0 Å². The Balaban J connectivity index is 1.33. The van der Waals surface area contributed by atoms with Crippen LogP contribution >= 0.6 is 11.6 Å². The van der Waals surface area contributed by atoms with Gasteiger partial charge in [-0.2, -0.15) is 5.10 Å². The number of aromatic nitrogens is 1. The second-order valence-corrected chi connectivity index (χ2v) is 8.41.